The van der Waals surface area contributed by atoms with Crippen molar-refractivity contribution < 1.29 is 33.5 Å². The summed E-state index contributed by atoms with van der Waals surface area (Å²) in [6, 6.07) is 2.36. The minimum atomic E-state index is -1.22. The van der Waals surface area contributed by atoms with E-state index >= 15 is 0 Å². The fourth-order valence-electron chi connectivity index (χ4n) is 2.55. The van der Waals surface area contributed by atoms with Crippen LogP contribution in [0.25, 0.3) is 0 Å². The van der Waals surface area contributed by atoms with Crippen molar-refractivity contribution in [3.8, 4) is 5.75 Å². The predicted molar refractivity (Wildman–Crippen MR) is 71.9 cm³/mol. The summed E-state index contributed by atoms with van der Waals surface area (Å²) in [6.07, 6.45) is 4.60. The molecule has 7 heteroatoms. The first-order valence-corrected chi connectivity index (χ1v) is 7.74. The Morgan fingerprint density at radius 1 is 1.35 bits per heavy atom. The summed E-state index contributed by atoms with van der Waals surface area (Å²) < 4.78 is 6.22. The Morgan fingerprint density at radius 3 is 2.55 bits per heavy atom. The van der Waals surface area contributed by atoms with Gasteiger partial charge >= 0.3 is 18.9 Å². The van der Waals surface area contributed by atoms with Crippen molar-refractivity contribution in [3.63, 3.8) is 0 Å². The molecule has 104 valence electrons. The molecule has 20 heavy (non-hydrogen) atoms. The molecular formula is C13H15ClLiNO3S. The van der Waals surface area contributed by atoms with Crippen LogP contribution in [0.3, 0.4) is 0 Å². The van der Waals surface area contributed by atoms with E-state index in [1.54, 1.807) is 6.07 Å². The van der Waals surface area contributed by atoms with Crippen molar-refractivity contribution >= 4 is 28.9 Å². The molecule has 0 N–H and O–H groups in total. The number of nitrogens with zero attached hydrogens (tertiary/aromatic N) is 1. The Bertz CT molecular complexity index is 484. The fraction of sp³-hybridized carbons (Fsp3) is 0.615. The summed E-state index contributed by atoms with van der Waals surface area (Å²) in [5, 5.41) is 11.0. The number of thiophene rings is 1. The minimum Gasteiger partial charge on any atom is -0.544 e. The van der Waals surface area contributed by atoms with E-state index in [2.05, 4.69) is 4.90 Å². The quantitative estimate of drug-likeness (QED) is 0.654. The van der Waals surface area contributed by atoms with E-state index in [9.17, 15) is 9.90 Å². The van der Waals surface area contributed by atoms with Crippen LogP contribution >= 0.6 is 22.9 Å². The van der Waals surface area contributed by atoms with Crippen molar-refractivity contribution in [2.75, 3.05) is 13.1 Å². The van der Waals surface area contributed by atoms with Gasteiger partial charge in [0, 0.05) is 25.2 Å². The van der Waals surface area contributed by atoms with Crippen LogP contribution in [-0.2, 0) is 0 Å². The monoisotopic (exact) mass is 307 g/mol. The number of likely N-dealkylation sites (tertiary alicyclic amines) is 1. The van der Waals surface area contributed by atoms with Gasteiger partial charge < -0.3 is 19.5 Å². The Kier molecular flexibility index (Phi) is 5.44. The molecule has 0 radical (unpaired) electrons. The molecule has 3 rings (SSSR count). The minimum absolute atomic E-state index is 0. The molecule has 0 bridgehead atoms. The maximum atomic E-state index is 11.0. The van der Waals surface area contributed by atoms with Gasteiger partial charge in [0.25, 0.3) is 0 Å². The standard InChI is InChI=1S/C13H16ClNO3S.Li/c14-11-7-10(12(19-11)13(16)17)18-9-3-5-15(6-4-9)8-1-2-8;/h7-9H,1-6H2,(H,16,17);/q;+1/p-1. The molecule has 1 aromatic rings. The number of hydrogen-bond donors (Lipinski definition) is 0. The zero-order valence-corrected chi connectivity index (χ0v) is 13.0. The van der Waals surface area contributed by atoms with E-state index in [0.717, 1.165) is 43.3 Å². The molecule has 1 aromatic heterocycles. The van der Waals surface area contributed by atoms with E-state index < -0.39 is 5.97 Å². The van der Waals surface area contributed by atoms with Gasteiger partial charge in [0.05, 0.1) is 15.2 Å². The number of rotatable bonds is 4. The number of halogens is 1. The molecule has 2 heterocycles. The number of carbonyl (C=O) groups excluding carboxylic acids is 1. The van der Waals surface area contributed by atoms with Crippen molar-refractivity contribution in [1.29, 1.82) is 0 Å². The number of carbonyl (C=O) groups is 1. The topological polar surface area (TPSA) is 52.6 Å². The fourth-order valence-corrected chi connectivity index (χ4v) is 3.54. The number of carboxylic acid groups (broad SMARTS) is 1. The van der Waals surface area contributed by atoms with Gasteiger partial charge in [-0.25, -0.2) is 0 Å². The van der Waals surface area contributed by atoms with Crippen LogP contribution in [0.15, 0.2) is 6.07 Å². The number of ether oxygens (including phenoxy) is 1. The van der Waals surface area contributed by atoms with Gasteiger partial charge in [0.1, 0.15) is 11.9 Å². The summed E-state index contributed by atoms with van der Waals surface area (Å²) in [5.74, 6) is -0.859. The zero-order valence-electron chi connectivity index (χ0n) is 11.4. The van der Waals surface area contributed by atoms with Crippen LogP contribution in [0.1, 0.15) is 35.4 Å². The van der Waals surface area contributed by atoms with E-state index in [1.165, 1.54) is 12.8 Å². The van der Waals surface area contributed by atoms with Crippen molar-refractivity contribution in [3.05, 3.63) is 15.3 Å². The van der Waals surface area contributed by atoms with E-state index in [4.69, 9.17) is 16.3 Å². The molecule has 0 amide bonds. The van der Waals surface area contributed by atoms with Crippen LogP contribution in [0, 0.1) is 0 Å². The SMILES string of the molecule is O=C([O-])c1sc(Cl)cc1OC1CCN(C2CC2)CC1.[Li+]. The maximum absolute atomic E-state index is 11.0. The van der Waals surface area contributed by atoms with E-state index in [0.29, 0.717) is 10.1 Å². The molecule has 0 atom stereocenters. The Morgan fingerprint density at radius 2 is 2.00 bits per heavy atom. The van der Waals surface area contributed by atoms with Crippen LogP contribution in [0.2, 0.25) is 4.34 Å². The van der Waals surface area contributed by atoms with E-state index in [-0.39, 0.29) is 29.8 Å². The van der Waals surface area contributed by atoms with Gasteiger partial charge in [-0.05, 0) is 25.7 Å². The molecule has 4 nitrogen and oxygen atoms in total. The van der Waals surface area contributed by atoms with Gasteiger partial charge in [-0.2, -0.15) is 0 Å². The summed E-state index contributed by atoms with van der Waals surface area (Å²) in [7, 11) is 0. The maximum Gasteiger partial charge on any atom is 1.00 e. The van der Waals surface area contributed by atoms with Crippen molar-refractivity contribution in [1.82, 2.24) is 4.90 Å². The first-order valence-electron chi connectivity index (χ1n) is 6.55. The Hall–Kier alpha value is -0.183. The molecular weight excluding hydrogens is 293 g/mol. The number of hydrogen-bond acceptors (Lipinski definition) is 5. The summed E-state index contributed by atoms with van der Waals surface area (Å²) in [5.41, 5.74) is 0. The molecule has 1 saturated carbocycles. The predicted octanol–water partition coefficient (Wildman–Crippen LogP) is -1.23. The third-order valence-electron chi connectivity index (χ3n) is 3.69. The van der Waals surface area contributed by atoms with Crippen LogP contribution in [0.4, 0.5) is 0 Å². The number of piperidine rings is 1. The molecule has 1 aliphatic heterocycles. The van der Waals surface area contributed by atoms with Crippen LogP contribution in [0.5, 0.6) is 5.75 Å². The second-order valence-electron chi connectivity index (χ2n) is 5.12. The second-order valence-corrected chi connectivity index (χ2v) is 6.80. The molecule has 0 aromatic carbocycles. The smallest absolute Gasteiger partial charge is 0.544 e. The molecule has 1 saturated heterocycles. The third-order valence-corrected chi connectivity index (χ3v) is 4.91. The second kappa shape index (κ2) is 6.72. The first kappa shape index (κ1) is 16.2. The van der Waals surface area contributed by atoms with Crippen molar-refractivity contribution in [2.45, 2.75) is 37.8 Å². The molecule has 2 aliphatic rings. The normalized spacial score (nSPS) is 20.4. The van der Waals surface area contributed by atoms with Gasteiger partial charge in [-0.15, -0.1) is 11.3 Å². The average Bonchev–Trinajstić information content (AvgIpc) is 3.15. The number of carboxylic acids is 1. The largest absolute Gasteiger partial charge is 1.00 e. The van der Waals surface area contributed by atoms with Gasteiger partial charge in [-0.3, -0.25) is 0 Å². The average molecular weight is 308 g/mol. The molecule has 1 aliphatic carbocycles. The van der Waals surface area contributed by atoms with Gasteiger partial charge in [-0.1, -0.05) is 11.6 Å². The van der Waals surface area contributed by atoms with Gasteiger partial charge in [0.2, 0.25) is 0 Å². The van der Waals surface area contributed by atoms with Gasteiger partial charge in [0.15, 0.2) is 0 Å². The molecule has 2 fully saturated rings. The summed E-state index contributed by atoms with van der Waals surface area (Å²) >= 11 is 6.83. The molecule has 0 unspecified atom stereocenters. The summed E-state index contributed by atoms with van der Waals surface area (Å²) in [4.78, 5) is 13.6. The Labute approximate surface area is 139 Å². The Balaban J connectivity index is 0.00000147. The summed E-state index contributed by atoms with van der Waals surface area (Å²) in [6.45, 7) is 2.07. The van der Waals surface area contributed by atoms with Crippen molar-refractivity contribution in [2.24, 2.45) is 0 Å². The van der Waals surface area contributed by atoms with E-state index in [1.807, 2.05) is 0 Å². The molecule has 0 spiro atoms. The number of aromatic carboxylic acids is 1. The van der Waals surface area contributed by atoms with Crippen LogP contribution < -0.4 is 28.7 Å². The third kappa shape index (κ3) is 3.72. The van der Waals surface area contributed by atoms with Crippen LogP contribution in [-0.4, -0.2) is 36.1 Å². The zero-order chi connectivity index (χ0) is 13.4. The first-order chi connectivity index (χ1) is 9.13.